The fourth-order valence-corrected chi connectivity index (χ4v) is 2.29. The average molecular weight is 285 g/mol. The van der Waals surface area contributed by atoms with Gasteiger partial charge in [-0.2, -0.15) is 0 Å². The molecule has 0 saturated heterocycles. The largest absolute Gasteiger partial charge is 0.487 e. The molecule has 2 rings (SSSR count). The lowest BCUT2D eigenvalue weighted by atomic mass is 10.1. The molecule has 110 valence electrons. The normalized spacial score (nSPS) is 10.3. The summed E-state index contributed by atoms with van der Waals surface area (Å²) in [4.78, 5) is 15.5. The lowest BCUT2D eigenvalue weighted by Gasteiger charge is -2.13. The first kappa shape index (κ1) is 15.0. The average Bonchev–Trinajstić information content (AvgIpc) is 2.46. The summed E-state index contributed by atoms with van der Waals surface area (Å²) in [6.45, 7) is 6.50. The van der Waals surface area contributed by atoms with Crippen molar-refractivity contribution in [2.75, 3.05) is 7.11 Å². The molecule has 0 bridgehead atoms. The summed E-state index contributed by atoms with van der Waals surface area (Å²) in [5.41, 5.74) is 4.64. The number of carbonyl (C=O) groups is 1. The Morgan fingerprint density at radius 3 is 2.33 bits per heavy atom. The van der Waals surface area contributed by atoms with Crippen LogP contribution in [-0.2, 0) is 11.3 Å². The minimum atomic E-state index is -0.389. The molecule has 0 N–H and O–H groups in total. The number of benzene rings is 1. The fraction of sp³-hybridized carbons (Fsp3) is 0.294. The van der Waals surface area contributed by atoms with E-state index < -0.39 is 0 Å². The quantitative estimate of drug-likeness (QED) is 0.808. The smallest absolute Gasteiger partial charge is 0.339 e. The molecule has 0 fully saturated rings. The van der Waals surface area contributed by atoms with Crippen LogP contribution >= 0.6 is 0 Å². The molecule has 0 radical (unpaired) electrons. The van der Waals surface area contributed by atoms with E-state index in [1.807, 2.05) is 13.8 Å². The lowest BCUT2D eigenvalue weighted by molar-refractivity contribution is 0.0600. The van der Waals surface area contributed by atoms with Crippen LogP contribution in [0.25, 0.3) is 0 Å². The van der Waals surface area contributed by atoms with Crippen LogP contribution in [0.5, 0.6) is 5.75 Å². The molecule has 2 aromatic rings. The van der Waals surface area contributed by atoms with Crippen LogP contribution in [0, 0.1) is 20.8 Å². The first-order chi connectivity index (χ1) is 10.0. The van der Waals surface area contributed by atoms with E-state index >= 15 is 0 Å². The molecule has 0 saturated carbocycles. The van der Waals surface area contributed by atoms with Gasteiger partial charge in [0.1, 0.15) is 12.4 Å². The van der Waals surface area contributed by atoms with Crippen molar-refractivity contribution in [3.63, 3.8) is 0 Å². The summed E-state index contributed by atoms with van der Waals surface area (Å²) >= 11 is 0. The minimum Gasteiger partial charge on any atom is -0.487 e. The van der Waals surface area contributed by atoms with Crippen LogP contribution in [0.3, 0.4) is 0 Å². The first-order valence-corrected chi connectivity index (χ1v) is 6.75. The highest BCUT2D eigenvalue weighted by molar-refractivity contribution is 5.88. The molecule has 0 amide bonds. The Hall–Kier alpha value is -2.36. The minimum absolute atomic E-state index is 0.367. The van der Waals surface area contributed by atoms with E-state index in [0.29, 0.717) is 12.2 Å². The zero-order valence-corrected chi connectivity index (χ0v) is 12.8. The molecule has 0 atom stereocenters. The van der Waals surface area contributed by atoms with Gasteiger partial charge in [-0.3, -0.25) is 4.98 Å². The van der Waals surface area contributed by atoms with Gasteiger partial charge in [0.2, 0.25) is 0 Å². The number of hydrogen-bond acceptors (Lipinski definition) is 4. The number of aromatic nitrogens is 1. The molecule has 0 aliphatic heterocycles. The van der Waals surface area contributed by atoms with Crippen molar-refractivity contribution < 1.29 is 14.3 Å². The number of esters is 1. The number of aryl methyl sites for hydroxylation is 3. The highest BCUT2D eigenvalue weighted by Crippen LogP contribution is 2.25. The van der Waals surface area contributed by atoms with Crippen molar-refractivity contribution in [3.05, 3.63) is 58.4 Å². The van der Waals surface area contributed by atoms with E-state index in [2.05, 4.69) is 28.8 Å². The van der Waals surface area contributed by atoms with Gasteiger partial charge in [0.05, 0.1) is 18.4 Å². The summed E-state index contributed by atoms with van der Waals surface area (Å²) in [5.74, 6) is 0.500. The SMILES string of the molecule is COC(=O)c1ccc(COc2c(C)cc(C)cc2C)nc1. The number of nitrogens with zero attached hydrogens (tertiary/aromatic N) is 1. The Bertz CT molecular complexity index is 625. The number of rotatable bonds is 4. The first-order valence-electron chi connectivity index (χ1n) is 6.75. The second kappa shape index (κ2) is 6.39. The molecule has 0 aliphatic carbocycles. The third-order valence-corrected chi connectivity index (χ3v) is 3.21. The van der Waals surface area contributed by atoms with E-state index in [1.54, 1.807) is 12.1 Å². The summed E-state index contributed by atoms with van der Waals surface area (Å²) in [7, 11) is 1.35. The molecule has 21 heavy (non-hydrogen) atoms. The Morgan fingerprint density at radius 1 is 1.14 bits per heavy atom. The number of methoxy groups -OCH3 is 1. The molecular weight excluding hydrogens is 266 g/mol. The zero-order valence-electron chi connectivity index (χ0n) is 12.8. The van der Waals surface area contributed by atoms with Gasteiger partial charge in [0.25, 0.3) is 0 Å². The van der Waals surface area contributed by atoms with Crippen molar-refractivity contribution in [2.24, 2.45) is 0 Å². The van der Waals surface area contributed by atoms with Crippen LogP contribution in [0.2, 0.25) is 0 Å². The van der Waals surface area contributed by atoms with Crippen molar-refractivity contribution in [1.29, 1.82) is 0 Å². The van der Waals surface area contributed by atoms with Crippen LogP contribution in [0.15, 0.2) is 30.5 Å². The summed E-state index contributed by atoms with van der Waals surface area (Å²) in [6, 6.07) is 7.64. The Balaban J connectivity index is 2.08. The standard InChI is InChI=1S/C17H19NO3/c1-11-7-12(2)16(13(3)8-11)21-10-15-6-5-14(9-18-15)17(19)20-4/h5-9H,10H2,1-4H3. The van der Waals surface area contributed by atoms with Gasteiger partial charge < -0.3 is 9.47 Å². The lowest BCUT2D eigenvalue weighted by Crippen LogP contribution is -2.05. The summed E-state index contributed by atoms with van der Waals surface area (Å²) < 4.78 is 10.5. The van der Waals surface area contributed by atoms with Gasteiger partial charge in [-0.15, -0.1) is 0 Å². The number of ether oxygens (including phenoxy) is 2. The maximum atomic E-state index is 11.3. The molecule has 1 aromatic heterocycles. The molecule has 0 aliphatic rings. The molecular formula is C17H19NO3. The van der Waals surface area contributed by atoms with Crippen LogP contribution in [0.4, 0.5) is 0 Å². The van der Waals surface area contributed by atoms with E-state index in [1.165, 1.54) is 18.9 Å². The molecule has 4 nitrogen and oxygen atoms in total. The van der Waals surface area contributed by atoms with Crippen molar-refractivity contribution in [1.82, 2.24) is 4.98 Å². The van der Waals surface area contributed by atoms with E-state index in [9.17, 15) is 4.79 Å². The maximum absolute atomic E-state index is 11.3. The third kappa shape index (κ3) is 3.60. The topological polar surface area (TPSA) is 48.4 Å². The summed E-state index contributed by atoms with van der Waals surface area (Å²) in [6.07, 6.45) is 1.50. The monoisotopic (exact) mass is 285 g/mol. The van der Waals surface area contributed by atoms with Gasteiger partial charge in [0.15, 0.2) is 0 Å². The van der Waals surface area contributed by atoms with E-state index in [0.717, 1.165) is 22.6 Å². The number of pyridine rings is 1. The van der Waals surface area contributed by atoms with Gasteiger partial charge in [-0.05, 0) is 44.0 Å². The van der Waals surface area contributed by atoms with Gasteiger partial charge in [0, 0.05) is 6.20 Å². The zero-order chi connectivity index (χ0) is 15.4. The van der Waals surface area contributed by atoms with Crippen molar-refractivity contribution >= 4 is 5.97 Å². The predicted molar refractivity (Wildman–Crippen MR) is 80.6 cm³/mol. The Morgan fingerprint density at radius 2 is 1.81 bits per heavy atom. The second-order valence-corrected chi connectivity index (χ2v) is 5.05. The number of carbonyl (C=O) groups excluding carboxylic acids is 1. The van der Waals surface area contributed by atoms with Gasteiger partial charge in [-0.1, -0.05) is 17.7 Å². The second-order valence-electron chi connectivity index (χ2n) is 5.05. The van der Waals surface area contributed by atoms with Crippen LogP contribution < -0.4 is 4.74 Å². The van der Waals surface area contributed by atoms with Crippen LogP contribution in [0.1, 0.15) is 32.7 Å². The van der Waals surface area contributed by atoms with Crippen molar-refractivity contribution in [3.8, 4) is 5.75 Å². The Labute approximate surface area is 124 Å². The fourth-order valence-electron chi connectivity index (χ4n) is 2.29. The molecule has 0 unspecified atom stereocenters. The molecule has 1 aromatic carbocycles. The molecule has 0 spiro atoms. The number of hydrogen-bond donors (Lipinski definition) is 0. The maximum Gasteiger partial charge on any atom is 0.339 e. The van der Waals surface area contributed by atoms with Gasteiger partial charge >= 0.3 is 5.97 Å². The summed E-state index contributed by atoms with van der Waals surface area (Å²) in [5, 5.41) is 0. The van der Waals surface area contributed by atoms with Gasteiger partial charge in [-0.25, -0.2) is 4.79 Å². The highest BCUT2D eigenvalue weighted by atomic mass is 16.5. The third-order valence-electron chi connectivity index (χ3n) is 3.21. The van der Waals surface area contributed by atoms with Crippen LogP contribution in [-0.4, -0.2) is 18.1 Å². The molecule has 1 heterocycles. The predicted octanol–water partition coefficient (Wildman–Crippen LogP) is 3.37. The highest BCUT2D eigenvalue weighted by Gasteiger charge is 2.08. The van der Waals surface area contributed by atoms with E-state index in [-0.39, 0.29) is 5.97 Å². The van der Waals surface area contributed by atoms with E-state index in [4.69, 9.17) is 4.74 Å². The Kier molecular flexibility index (Phi) is 4.58. The van der Waals surface area contributed by atoms with Crippen molar-refractivity contribution in [2.45, 2.75) is 27.4 Å². The molecule has 4 heteroatoms.